The zero-order valence-corrected chi connectivity index (χ0v) is 16.5. The molecule has 0 bridgehead atoms. The second-order valence-electron chi connectivity index (χ2n) is 7.14. The number of hydrogen-bond donors (Lipinski definition) is 3. The first-order valence-corrected chi connectivity index (χ1v) is 9.37. The Morgan fingerprint density at radius 3 is 2.04 bits per heavy atom. The Balaban J connectivity index is 2.04. The monoisotopic (exact) mass is 367 g/mol. The molecule has 0 spiro atoms. The quantitative estimate of drug-likeness (QED) is 0.666. The predicted octanol–water partition coefficient (Wildman–Crippen LogP) is 3.66. The number of aryl methyl sites for hydroxylation is 1. The smallest absolute Gasteiger partial charge is 0.248 e. The fourth-order valence-electron chi connectivity index (χ4n) is 2.95. The van der Waals surface area contributed by atoms with Crippen molar-refractivity contribution in [2.75, 3.05) is 5.32 Å². The van der Waals surface area contributed by atoms with E-state index in [1.54, 1.807) is 24.3 Å². The van der Waals surface area contributed by atoms with Crippen LogP contribution in [0, 0.1) is 5.92 Å². The number of amides is 2. The maximum absolute atomic E-state index is 12.6. The van der Waals surface area contributed by atoms with E-state index in [-0.39, 0.29) is 18.0 Å². The van der Waals surface area contributed by atoms with Crippen LogP contribution in [0.3, 0.4) is 0 Å². The Labute approximate surface area is 161 Å². The first-order chi connectivity index (χ1) is 12.8. The van der Waals surface area contributed by atoms with Gasteiger partial charge in [-0.2, -0.15) is 0 Å². The van der Waals surface area contributed by atoms with Crippen LogP contribution < -0.4 is 16.4 Å². The van der Waals surface area contributed by atoms with Crippen LogP contribution in [0.25, 0.3) is 0 Å². The first-order valence-electron chi connectivity index (χ1n) is 9.37. The topological polar surface area (TPSA) is 84.2 Å². The number of benzene rings is 2. The molecule has 0 radical (unpaired) electrons. The molecule has 0 aliphatic heterocycles. The minimum atomic E-state index is -0.489. The minimum Gasteiger partial charge on any atom is -0.366 e. The average Bonchev–Trinajstić information content (AvgIpc) is 2.66. The molecule has 5 heteroatoms. The van der Waals surface area contributed by atoms with Gasteiger partial charge in [-0.15, -0.1) is 0 Å². The third-order valence-corrected chi connectivity index (χ3v) is 4.67. The second-order valence-corrected chi connectivity index (χ2v) is 7.14. The summed E-state index contributed by atoms with van der Waals surface area (Å²) in [5, 5.41) is 6.30. The van der Waals surface area contributed by atoms with Gasteiger partial charge in [0.2, 0.25) is 11.8 Å². The Bertz CT molecular complexity index is 767. The van der Waals surface area contributed by atoms with E-state index in [9.17, 15) is 9.59 Å². The van der Waals surface area contributed by atoms with E-state index in [2.05, 4.69) is 55.7 Å². The molecular formula is C22H29N3O2. The number of rotatable bonds is 8. The van der Waals surface area contributed by atoms with Crippen LogP contribution in [0.5, 0.6) is 0 Å². The van der Waals surface area contributed by atoms with Gasteiger partial charge in [-0.05, 0) is 54.7 Å². The van der Waals surface area contributed by atoms with Crippen LogP contribution in [-0.4, -0.2) is 17.9 Å². The van der Waals surface area contributed by atoms with Gasteiger partial charge in [-0.3, -0.25) is 14.9 Å². The summed E-state index contributed by atoms with van der Waals surface area (Å²) in [6.07, 6.45) is 1.01. The highest BCUT2D eigenvalue weighted by Crippen LogP contribution is 2.23. The number of carbonyl (C=O) groups is 2. The second kappa shape index (κ2) is 9.33. The van der Waals surface area contributed by atoms with E-state index < -0.39 is 5.91 Å². The molecule has 2 aromatic carbocycles. The molecule has 0 fully saturated rings. The van der Waals surface area contributed by atoms with Crippen molar-refractivity contribution in [3.8, 4) is 0 Å². The number of nitrogens with one attached hydrogen (secondary N) is 2. The standard InChI is InChI=1S/C22H29N3O2/c1-5-16-6-8-17(9-7-16)20(14(2)3)24-15(4)22(27)25-19-12-10-18(11-13-19)21(23)26/h6-15,20,24H,5H2,1-4H3,(H2,23,26)(H,25,27)/t15-,20-/m0/s1. The third-order valence-electron chi connectivity index (χ3n) is 4.67. The van der Waals surface area contributed by atoms with Crippen molar-refractivity contribution in [2.24, 2.45) is 11.7 Å². The van der Waals surface area contributed by atoms with Gasteiger partial charge in [0, 0.05) is 17.3 Å². The van der Waals surface area contributed by atoms with Crippen LogP contribution in [0.15, 0.2) is 48.5 Å². The molecule has 0 aromatic heterocycles. The van der Waals surface area contributed by atoms with Crippen molar-refractivity contribution in [2.45, 2.75) is 46.2 Å². The van der Waals surface area contributed by atoms with Gasteiger partial charge in [0.1, 0.15) is 0 Å². The molecule has 4 N–H and O–H groups in total. The molecule has 2 aromatic rings. The van der Waals surface area contributed by atoms with Crippen LogP contribution >= 0.6 is 0 Å². The fourth-order valence-corrected chi connectivity index (χ4v) is 2.95. The molecule has 0 saturated heterocycles. The minimum absolute atomic E-state index is 0.0777. The van der Waals surface area contributed by atoms with Crippen molar-refractivity contribution in [1.82, 2.24) is 5.32 Å². The number of hydrogen-bond acceptors (Lipinski definition) is 3. The van der Waals surface area contributed by atoms with E-state index in [0.29, 0.717) is 17.2 Å². The number of primary amides is 1. The van der Waals surface area contributed by atoms with E-state index in [1.807, 2.05) is 6.92 Å². The van der Waals surface area contributed by atoms with Crippen molar-refractivity contribution in [3.05, 3.63) is 65.2 Å². The molecule has 144 valence electrons. The van der Waals surface area contributed by atoms with Gasteiger partial charge in [-0.25, -0.2) is 0 Å². The van der Waals surface area contributed by atoms with Crippen molar-refractivity contribution < 1.29 is 9.59 Å². The highest BCUT2D eigenvalue weighted by atomic mass is 16.2. The zero-order chi connectivity index (χ0) is 20.0. The maximum Gasteiger partial charge on any atom is 0.248 e. The summed E-state index contributed by atoms with van der Waals surface area (Å²) in [4.78, 5) is 23.7. The Hall–Kier alpha value is -2.66. The van der Waals surface area contributed by atoms with Gasteiger partial charge >= 0.3 is 0 Å². The van der Waals surface area contributed by atoms with Gasteiger partial charge < -0.3 is 11.1 Å². The van der Waals surface area contributed by atoms with Crippen LogP contribution in [0.2, 0.25) is 0 Å². The van der Waals surface area contributed by atoms with E-state index in [1.165, 1.54) is 11.1 Å². The van der Waals surface area contributed by atoms with Gasteiger partial charge in [0.15, 0.2) is 0 Å². The van der Waals surface area contributed by atoms with Gasteiger partial charge in [0.05, 0.1) is 6.04 Å². The molecule has 0 aliphatic carbocycles. The van der Waals surface area contributed by atoms with Crippen molar-refractivity contribution in [3.63, 3.8) is 0 Å². The summed E-state index contributed by atoms with van der Waals surface area (Å²) in [7, 11) is 0. The number of carbonyl (C=O) groups excluding carboxylic acids is 2. The molecular weight excluding hydrogens is 338 g/mol. The summed E-state index contributed by atoms with van der Waals surface area (Å²) in [5.41, 5.74) is 8.75. The van der Waals surface area contributed by atoms with E-state index >= 15 is 0 Å². The molecule has 0 unspecified atom stereocenters. The molecule has 2 amide bonds. The lowest BCUT2D eigenvalue weighted by atomic mass is 9.94. The SMILES string of the molecule is CCc1ccc([C@@H](N[C@@H](C)C(=O)Nc2ccc(C(N)=O)cc2)C(C)C)cc1. The van der Waals surface area contributed by atoms with Crippen LogP contribution in [0.4, 0.5) is 5.69 Å². The number of nitrogens with two attached hydrogens (primary N) is 1. The molecule has 27 heavy (non-hydrogen) atoms. The van der Waals surface area contributed by atoms with Crippen molar-refractivity contribution >= 4 is 17.5 Å². The molecule has 2 rings (SSSR count). The maximum atomic E-state index is 12.6. The molecule has 5 nitrogen and oxygen atoms in total. The van der Waals surface area contributed by atoms with Crippen LogP contribution in [-0.2, 0) is 11.2 Å². The number of anilines is 1. The summed E-state index contributed by atoms with van der Waals surface area (Å²) in [5.74, 6) is -0.281. The van der Waals surface area contributed by atoms with Gasteiger partial charge in [0.25, 0.3) is 0 Å². The van der Waals surface area contributed by atoms with E-state index in [0.717, 1.165) is 6.42 Å². The highest BCUT2D eigenvalue weighted by Gasteiger charge is 2.22. The lowest BCUT2D eigenvalue weighted by Gasteiger charge is -2.26. The van der Waals surface area contributed by atoms with Crippen molar-refractivity contribution in [1.29, 1.82) is 0 Å². The largest absolute Gasteiger partial charge is 0.366 e. The first kappa shape index (κ1) is 20.6. The zero-order valence-electron chi connectivity index (χ0n) is 16.5. The molecule has 0 aliphatic rings. The summed E-state index contributed by atoms with van der Waals surface area (Å²) in [6.45, 7) is 8.26. The van der Waals surface area contributed by atoms with Crippen LogP contribution in [0.1, 0.15) is 55.2 Å². The molecule has 2 atom stereocenters. The molecule has 0 saturated carbocycles. The summed E-state index contributed by atoms with van der Waals surface area (Å²) in [6, 6.07) is 14.8. The lowest BCUT2D eigenvalue weighted by molar-refractivity contribution is -0.118. The summed E-state index contributed by atoms with van der Waals surface area (Å²) < 4.78 is 0. The fraction of sp³-hybridized carbons (Fsp3) is 0.364. The highest BCUT2D eigenvalue weighted by molar-refractivity contribution is 5.96. The Morgan fingerprint density at radius 2 is 1.56 bits per heavy atom. The average molecular weight is 367 g/mol. The van der Waals surface area contributed by atoms with Gasteiger partial charge in [-0.1, -0.05) is 45.0 Å². The predicted molar refractivity (Wildman–Crippen MR) is 110 cm³/mol. The lowest BCUT2D eigenvalue weighted by Crippen LogP contribution is -2.41. The summed E-state index contributed by atoms with van der Waals surface area (Å²) >= 11 is 0. The Morgan fingerprint density at radius 1 is 0.963 bits per heavy atom. The van der Waals surface area contributed by atoms with E-state index in [4.69, 9.17) is 5.73 Å². The normalized spacial score (nSPS) is 13.2. The third kappa shape index (κ3) is 5.66. The molecule has 0 heterocycles. The Kier molecular flexibility index (Phi) is 7.13.